The number of hydrogen-bond donors (Lipinski definition) is 1. The summed E-state index contributed by atoms with van der Waals surface area (Å²) in [5.41, 5.74) is 2.01. The molecule has 1 aromatic carbocycles. The van der Waals surface area contributed by atoms with Crippen molar-refractivity contribution in [3.8, 4) is 0 Å². The Bertz CT molecular complexity index is 347. The van der Waals surface area contributed by atoms with Crippen molar-refractivity contribution in [2.24, 2.45) is 0 Å². The highest BCUT2D eigenvalue weighted by Crippen LogP contribution is 2.33. The molecule has 1 aromatic rings. The molecule has 14 heavy (non-hydrogen) atoms. The van der Waals surface area contributed by atoms with Gasteiger partial charge in [-0.3, -0.25) is 0 Å². The van der Waals surface area contributed by atoms with Crippen molar-refractivity contribution >= 4 is 27.7 Å². The van der Waals surface area contributed by atoms with Gasteiger partial charge in [-0.1, -0.05) is 28.1 Å². The van der Waals surface area contributed by atoms with Gasteiger partial charge in [-0.2, -0.15) is 11.8 Å². The zero-order valence-corrected chi connectivity index (χ0v) is 10.5. The fourth-order valence-electron chi connectivity index (χ4n) is 1.57. The lowest BCUT2D eigenvalue weighted by Crippen LogP contribution is -2.45. The summed E-state index contributed by atoms with van der Waals surface area (Å²) in [4.78, 5) is 0. The zero-order valence-electron chi connectivity index (χ0n) is 8.09. The van der Waals surface area contributed by atoms with Crippen LogP contribution >= 0.6 is 27.7 Å². The third-order valence-corrected chi connectivity index (χ3v) is 4.85. The Morgan fingerprint density at radius 2 is 2.21 bits per heavy atom. The maximum absolute atomic E-state index is 9.99. The molecule has 1 saturated heterocycles. The van der Waals surface area contributed by atoms with Gasteiger partial charge in [0.1, 0.15) is 0 Å². The summed E-state index contributed by atoms with van der Waals surface area (Å²) >= 11 is 5.32. The van der Waals surface area contributed by atoms with Crippen LogP contribution in [0.3, 0.4) is 0 Å². The van der Waals surface area contributed by atoms with E-state index in [4.69, 9.17) is 0 Å². The van der Waals surface area contributed by atoms with Crippen LogP contribution in [0.15, 0.2) is 22.7 Å². The fourth-order valence-corrected chi connectivity index (χ4v) is 2.87. The lowest BCUT2D eigenvalue weighted by atomic mass is 9.97. The maximum Gasteiger partial charge on any atom is 0.0867 e. The van der Waals surface area contributed by atoms with Gasteiger partial charge in [0.05, 0.1) is 5.60 Å². The molecule has 0 aromatic heterocycles. The van der Waals surface area contributed by atoms with Gasteiger partial charge in [-0.15, -0.1) is 0 Å². The molecule has 1 aliphatic heterocycles. The Balaban J connectivity index is 2.13. The molecule has 0 aliphatic carbocycles. The molecule has 3 heteroatoms. The summed E-state index contributed by atoms with van der Waals surface area (Å²) in [7, 11) is 0. The largest absolute Gasteiger partial charge is 0.388 e. The van der Waals surface area contributed by atoms with Gasteiger partial charge in [0, 0.05) is 22.4 Å². The van der Waals surface area contributed by atoms with E-state index in [1.165, 1.54) is 11.1 Å². The lowest BCUT2D eigenvalue weighted by Gasteiger charge is -2.36. The van der Waals surface area contributed by atoms with E-state index in [0.717, 1.165) is 22.4 Å². The Kier molecular flexibility index (Phi) is 2.91. The van der Waals surface area contributed by atoms with Crippen LogP contribution in [-0.4, -0.2) is 22.2 Å². The number of aliphatic hydroxyl groups is 1. The van der Waals surface area contributed by atoms with Gasteiger partial charge in [-0.05, 0) is 24.1 Å². The number of hydrogen-bond acceptors (Lipinski definition) is 2. The van der Waals surface area contributed by atoms with Crippen LogP contribution in [-0.2, 0) is 6.42 Å². The molecule has 0 bridgehead atoms. The molecule has 0 spiro atoms. The predicted octanol–water partition coefficient (Wildman–Crippen LogP) is 2.78. The highest BCUT2D eigenvalue weighted by molar-refractivity contribution is 9.10. The molecule has 1 N–H and O–H groups in total. The van der Waals surface area contributed by atoms with Crippen molar-refractivity contribution < 1.29 is 5.11 Å². The van der Waals surface area contributed by atoms with Crippen molar-refractivity contribution in [3.63, 3.8) is 0 Å². The summed E-state index contributed by atoms with van der Waals surface area (Å²) in [5, 5.41) is 9.99. The van der Waals surface area contributed by atoms with E-state index < -0.39 is 5.60 Å². The first-order valence-electron chi connectivity index (χ1n) is 4.64. The van der Waals surface area contributed by atoms with Crippen LogP contribution < -0.4 is 0 Å². The Morgan fingerprint density at radius 3 is 2.71 bits per heavy atom. The van der Waals surface area contributed by atoms with E-state index in [2.05, 4.69) is 41.1 Å². The smallest absolute Gasteiger partial charge is 0.0867 e. The topological polar surface area (TPSA) is 20.2 Å². The van der Waals surface area contributed by atoms with Gasteiger partial charge < -0.3 is 5.11 Å². The van der Waals surface area contributed by atoms with Crippen molar-refractivity contribution in [3.05, 3.63) is 33.8 Å². The molecule has 1 aliphatic rings. The molecule has 1 nitrogen and oxygen atoms in total. The average Bonchev–Trinajstić information content (AvgIpc) is 2.09. The van der Waals surface area contributed by atoms with Crippen LogP contribution in [0.25, 0.3) is 0 Å². The molecule has 0 atom stereocenters. The van der Waals surface area contributed by atoms with E-state index in [1.54, 1.807) is 0 Å². The number of benzene rings is 1. The van der Waals surface area contributed by atoms with E-state index >= 15 is 0 Å². The van der Waals surface area contributed by atoms with Crippen LogP contribution in [0.1, 0.15) is 11.1 Å². The number of rotatable bonds is 2. The van der Waals surface area contributed by atoms with Gasteiger partial charge in [0.25, 0.3) is 0 Å². The first-order valence-corrected chi connectivity index (χ1v) is 6.59. The summed E-state index contributed by atoms with van der Waals surface area (Å²) in [6.45, 7) is 2.07. The second-order valence-corrected chi connectivity index (χ2v) is 5.82. The second kappa shape index (κ2) is 3.87. The van der Waals surface area contributed by atoms with E-state index in [-0.39, 0.29) is 0 Å². The zero-order chi connectivity index (χ0) is 10.2. The van der Waals surface area contributed by atoms with Crippen LogP contribution in [0.5, 0.6) is 0 Å². The van der Waals surface area contributed by atoms with Crippen molar-refractivity contribution in [2.45, 2.75) is 18.9 Å². The molecular formula is C11H13BrOS. The summed E-state index contributed by atoms with van der Waals surface area (Å²) in [6, 6.07) is 6.30. The molecule has 0 saturated carbocycles. The second-order valence-electron chi connectivity index (χ2n) is 3.98. The summed E-state index contributed by atoms with van der Waals surface area (Å²) in [6.07, 6.45) is 0.777. The van der Waals surface area contributed by atoms with Gasteiger partial charge in [0.2, 0.25) is 0 Å². The fraction of sp³-hybridized carbons (Fsp3) is 0.455. The standard InChI is InChI=1S/C11H13BrOS/c1-8-2-3-9(4-10(8)12)5-11(13)6-14-7-11/h2-4,13H,5-7H2,1H3. The third kappa shape index (κ3) is 2.15. The van der Waals surface area contributed by atoms with Crippen molar-refractivity contribution in [1.82, 2.24) is 0 Å². The molecule has 0 radical (unpaired) electrons. The molecule has 1 fully saturated rings. The predicted molar refractivity (Wildman–Crippen MR) is 64.9 cm³/mol. The highest BCUT2D eigenvalue weighted by atomic mass is 79.9. The SMILES string of the molecule is Cc1ccc(CC2(O)CSC2)cc1Br. The van der Waals surface area contributed by atoms with E-state index in [9.17, 15) is 5.11 Å². The minimum Gasteiger partial charge on any atom is -0.388 e. The molecule has 1 heterocycles. The maximum atomic E-state index is 9.99. The van der Waals surface area contributed by atoms with Gasteiger partial charge >= 0.3 is 0 Å². The lowest BCUT2D eigenvalue weighted by molar-refractivity contribution is 0.0793. The molecule has 0 unspecified atom stereocenters. The number of aryl methyl sites for hydroxylation is 1. The van der Waals surface area contributed by atoms with Crippen LogP contribution in [0, 0.1) is 6.92 Å². The average molecular weight is 273 g/mol. The Hall–Kier alpha value is 0.01000. The Morgan fingerprint density at radius 1 is 1.50 bits per heavy atom. The molecule has 2 rings (SSSR count). The van der Waals surface area contributed by atoms with Crippen LogP contribution in [0.2, 0.25) is 0 Å². The number of halogens is 1. The summed E-state index contributed by atoms with van der Waals surface area (Å²) < 4.78 is 1.13. The first-order chi connectivity index (χ1) is 6.59. The van der Waals surface area contributed by atoms with Gasteiger partial charge in [0.15, 0.2) is 0 Å². The number of thioether (sulfide) groups is 1. The summed E-state index contributed by atoms with van der Waals surface area (Å²) in [5.74, 6) is 1.75. The van der Waals surface area contributed by atoms with Crippen LogP contribution in [0.4, 0.5) is 0 Å². The minimum absolute atomic E-state index is 0.445. The highest BCUT2D eigenvalue weighted by Gasteiger charge is 2.35. The first kappa shape index (κ1) is 10.5. The van der Waals surface area contributed by atoms with Gasteiger partial charge in [-0.25, -0.2) is 0 Å². The molecule has 76 valence electrons. The Labute approximate surface area is 97.0 Å². The third-order valence-electron chi connectivity index (χ3n) is 2.51. The normalized spacial score (nSPS) is 19.1. The van der Waals surface area contributed by atoms with E-state index in [1.807, 2.05) is 11.8 Å². The molecular weight excluding hydrogens is 260 g/mol. The van der Waals surface area contributed by atoms with E-state index in [0.29, 0.717) is 0 Å². The van der Waals surface area contributed by atoms with Crippen molar-refractivity contribution in [1.29, 1.82) is 0 Å². The molecule has 0 amide bonds. The quantitative estimate of drug-likeness (QED) is 0.894. The minimum atomic E-state index is -0.445. The van der Waals surface area contributed by atoms with Crippen molar-refractivity contribution in [2.75, 3.05) is 11.5 Å². The monoisotopic (exact) mass is 272 g/mol.